The Labute approximate surface area is 149 Å². The zero-order valence-corrected chi connectivity index (χ0v) is 16.0. The third-order valence-corrected chi connectivity index (χ3v) is 7.00. The van der Waals surface area contributed by atoms with Crippen LogP contribution in [0.1, 0.15) is 25.7 Å². The molecule has 10 heteroatoms. The first-order valence-electron chi connectivity index (χ1n) is 7.99. The van der Waals surface area contributed by atoms with Crippen molar-refractivity contribution in [3.8, 4) is 11.5 Å². The van der Waals surface area contributed by atoms with Gasteiger partial charge in [0.1, 0.15) is 0 Å². The standard InChI is InChI=1S/C15H24N2O6S2/c1-22-14-8-7-13(11-15(14)23-2)24(18,19)10-9-16-25(20,21)17-12-5-3-4-6-12/h7-8,11-12,16-17H,3-6,9-10H2,1-2H3. The molecule has 0 aliphatic heterocycles. The highest BCUT2D eigenvalue weighted by Gasteiger charge is 2.22. The minimum Gasteiger partial charge on any atom is -0.493 e. The van der Waals surface area contributed by atoms with E-state index >= 15 is 0 Å². The SMILES string of the molecule is COc1ccc(S(=O)(=O)CCNS(=O)(=O)NC2CCCC2)cc1OC. The van der Waals surface area contributed by atoms with Crippen molar-refractivity contribution in [1.29, 1.82) is 0 Å². The Morgan fingerprint density at radius 1 is 1.04 bits per heavy atom. The summed E-state index contributed by atoms with van der Waals surface area (Å²) in [7, 11) is -4.49. The largest absolute Gasteiger partial charge is 0.493 e. The molecule has 2 rings (SSSR count). The molecule has 0 aromatic heterocycles. The lowest BCUT2D eigenvalue weighted by Crippen LogP contribution is -2.43. The van der Waals surface area contributed by atoms with Gasteiger partial charge in [0, 0.05) is 18.7 Å². The first-order chi connectivity index (χ1) is 11.8. The Hall–Kier alpha value is -1.36. The van der Waals surface area contributed by atoms with Crippen LogP contribution in [-0.2, 0) is 20.0 Å². The third kappa shape index (κ3) is 5.56. The summed E-state index contributed by atoms with van der Waals surface area (Å²) in [6.07, 6.45) is 3.62. The van der Waals surface area contributed by atoms with Crippen molar-refractivity contribution in [2.45, 2.75) is 36.6 Å². The molecule has 0 spiro atoms. The molecule has 1 saturated carbocycles. The first kappa shape index (κ1) is 20.0. The van der Waals surface area contributed by atoms with Crippen molar-refractivity contribution in [3.63, 3.8) is 0 Å². The summed E-state index contributed by atoms with van der Waals surface area (Å²) in [5.41, 5.74) is 0. The van der Waals surface area contributed by atoms with Gasteiger partial charge in [-0.15, -0.1) is 0 Å². The molecule has 1 fully saturated rings. The molecular weight excluding hydrogens is 368 g/mol. The van der Waals surface area contributed by atoms with Gasteiger partial charge >= 0.3 is 0 Å². The summed E-state index contributed by atoms with van der Waals surface area (Å²) in [5, 5.41) is 0. The fourth-order valence-electron chi connectivity index (χ4n) is 2.74. The van der Waals surface area contributed by atoms with Crippen molar-refractivity contribution in [2.75, 3.05) is 26.5 Å². The molecule has 0 unspecified atom stereocenters. The van der Waals surface area contributed by atoms with Crippen LogP contribution in [-0.4, -0.2) is 49.4 Å². The molecule has 0 saturated heterocycles. The van der Waals surface area contributed by atoms with Crippen LogP contribution in [0, 0.1) is 0 Å². The summed E-state index contributed by atoms with van der Waals surface area (Å²) in [6, 6.07) is 4.19. The Kier molecular flexibility index (Phi) is 6.66. The van der Waals surface area contributed by atoms with Gasteiger partial charge in [-0.2, -0.15) is 13.1 Å². The van der Waals surface area contributed by atoms with Gasteiger partial charge < -0.3 is 9.47 Å². The number of hydrogen-bond donors (Lipinski definition) is 2. The van der Waals surface area contributed by atoms with Crippen LogP contribution in [0.4, 0.5) is 0 Å². The molecule has 8 nitrogen and oxygen atoms in total. The van der Waals surface area contributed by atoms with Gasteiger partial charge in [-0.05, 0) is 25.0 Å². The number of sulfone groups is 1. The van der Waals surface area contributed by atoms with Crippen LogP contribution in [0.15, 0.2) is 23.1 Å². The molecule has 1 aromatic carbocycles. The van der Waals surface area contributed by atoms with E-state index in [0.29, 0.717) is 11.5 Å². The monoisotopic (exact) mass is 392 g/mol. The Balaban J connectivity index is 1.97. The summed E-state index contributed by atoms with van der Waals surface area (Å²) < 4.78 is 63.6. The molecule has 0 amide bonds. The molecular formula is C15H24N2O6S2. The van der Waals surface area contributed by atoms with Crippen molar-refractivity contribution >= 4 is 20.0 Å². The highest BCUT2D eigenvalue weighted by molar-refractivity contribution is 7.91. The van der Waals surface area contributed by atoms with E-state index in [9.17, 15) is 16.8 Å². The van der Waals surface area contributed by atoms with Crippen LogP contribution in [0.5, 0.6) is 11.5 Å². The minimum absolute atomic E-state index is 0.0492. The number of hydrogen-bond acceptors (Lipinski definition) is 6. The van der Waals surface area contributed by atoms with E-state index in [0.717, 1.165) is 25.7 Å². The zero-order valence-electron chi connectivity index (χ0n) is 14.3. The lowest BCUT2D eigenvalue weighted by Gasteiger charge is -2.13. The Morgan fingerprint density at radius 2 is 1.68 bits per heavy atom. The van der Waals surface area contributed by atoms with Crippen molar-refractivity contribution in [2.24, 2.45) is 0 Å². The summed E-state index contributed by atoms with van der Waals surface area (Å²) in [4.78, 5) is 0.0492. The van der Waals surface area contributed by atoms with Gasteiger partial charge in [0.05, 0.1) is 24.9 Å². The second kappa shape index (κ2) is 8.35. The predicted molar refractivity (Wildman–Crippen MR) is 93.9 cm³/mol. The van der Waals surface area contributed by atoms with Crippen LogP contribution in [0.3, 0.4) is 0 Å². The number of rotatable bonds is 9. The van der Waals surface area contributed by atoms with Crippen LogP contribution >= 0.6 is 0 Å². The van der Waals surface area contributed by atoms with Crippen molar-refractivity contribution < 1.29 is 26.3 Å². The Bertz CT molecular complexity index is 786. The Morgan fingerprint density at radius 3 is 2.28 bits per heavy atom. The van der Waals surface area contributed by atoms with Crippen LogP contribution in [0.2, 0.25) is 0 Å². The molecule has 1 aliphatic carbocycles. The first-order valence-corrected chi connectivity index (χ1v) is 11.1. The zero-order chi connectivity index (χ0) is 18.5. The van der Waals surface area contributed by atoms with Gasteiger partial charge in [-0.25, -0.2) is 13.1 Å². The lowest BCUT2D eigenvalue weighted by molar-refractivity contribution is 0.354. The normalized spacial score (nSPS) is 16.1. The second-order valence-electron chi connectivity index (χ2n) is 5.83. The van der Waals surface area contributed by atoms with Crippen LogP contribution in [0.25, 0.3) is 0 Å². The average Bonchev–Trinajstić information content (AvgIpc) is 3.05. The van der Waals surface area contributed by atoms with E-state index in [1.165, 1.54) is 32.4 Å². The maximum atomic E-state index is 12.4. The highest BCUT2D eigenvalue weighted by Crippen LogP contribution is 2.29. The van der Waals surface area contributed by atoms with E-state index in [4.69, 9.17) is 9.47 Å². The van der Waals surface area contributed by atoms with E-state index in [2.05, 4.69) is 9.44 Å². The maximum absolute atomic E-state index is 12.4. The number of ether oxygens (including phenoxy) is 2. The van der Waals surface area contributed by atoms with Crippen molar-refractivity contribution in [1.82, 2.24) is 9.44 Å². The van der Waals surface area contributed by atoms with Gasteiger partial charge in [-0.3, -0.25) is 0 Å². The van der Waals surface area contributed by atoms with Gasteiger partial charge in [-0.1, -0.05) is 12.8 Å². The van der Waals surface area contributed by atoms with E-state index < -0.39 is 20.0 Å². The molecule has 2 N–H and O–H groups in total. The molecule has 1 aliphatic rings. The molecule has 25 heavy (non-hydrogen) atoms. The maximum Gasteiger partial charge on any atom is 0.277 e. The van der Waals surface area contributed by atoms with Crippen LogP contribution < -0.4 is 18.9 Å². The van der Waals surface area contributed by atoms with Gasteiger partial charge in [0.25, 0.3) is 10.2 Å². The van der Waals surface area contributed by atoms with E-state index in [1.807, 2.05) is 0 Å². The van der Waals surface area contributed by atoms with E-state index in [1.54, 1.807) is 0 Å². The summed E-state index contributed by atoms with van der Waals surface area (Å²) in [6.45, 7) is -0.210. The fraction of sp³-hybridized carbons (Fsp3) is 0.600. The lowest BCUT2D eigenvalue weighted by atomic mass is 10.3. The molecule has 142 valence electrons. The minimum atomic E-state index is -3.70. The van der Waals surface area contributed by atoms with Gasteiger partial charge in [0.2, 0.25) is 0 Å². The van der Waals surface area contributed by atoms with Crippen molar-refractivity contribution in [3.05, 3.63) is 18.2 Å². The summed E-state index contributed by atoms with van der Waals surface area (Å²) >= 11 is 0. The summed E-state index contributed by atoms with van der Waals surface area (Å²) in [5.74, 6) is 0.364. The average molecular weight is 392 g/mol. The quantitative estimate of drug-likeness (QED) is 0.644. The van der Waals surface area contributed by atoms with Gasteiger partial charge in [0.15, 0.2) is 21.3 Å². The molecule has 0 heterocycles. The fourth-order valence-corrected chi connectivity index (χ4v) is 5.17. The highest BCUT2D eigenvalue weighted by atomic mass is 32.2. The topological polar surface area (TPSA) is 111 Å². The molecule has 0 atom stereocenters. The molecule has 0 bridgehead atoms. The smallest absolute Gasteiger partial charge is 0.277 e. The molecule has 0 radical (unpaired) electrons. The predicted octanol–water partition coefficient (Wildman–Crippen LogP) is 0.844. The number of benzene rings is 1. The molecule has 1 aromatic rings. The third-order valence-electron chi connectivity index (χ3n) is 4.05. The number of nitrogens with one attached hydrogen (secondary N) is 2. The number of methoxy groups -OCH3 is 2. The van der Waals surface area contributed by atoms with E-state index in [-0.39, 0.29) is 23.2 Å². The second-order valence-corrected chi connectivity index (χ2v) is 9.47.